The Morgan fingerprint density at radius 1 is 1.13 bits per heavy atom. The van der Waals surface area contributed by atoms with E-state index in [1.165, 1.54) is 12.2 Å². The summed E-state index contributed by atoms with van der Waals surface area (Å²) in [5, 5.41) is 42.1. The summed E-state index contributed by atoms with van der Waals surface area (Å²) in [5.41, 5.74) is -1.53. The zero-order chi connectivity index (χ0) is 17.2. The standard InChI is InChI=1S/C14H11NO7S/c16-12-6-5-8(7-10(12)14(19)20)23(21,22)15-11-4-2-1-3-9(11)13(17)18/h1-7,16-18H,(H,19,20)/p-3. The molecule has 0 aromatic heterocycles. The van der Waals surface area contributed by atoms with Crippen molar-refractivity contribution in [1.82, 2.24) is 0 Å². The molecule has 1 aromatic carbocycles. The lowest BCUT2D eigenvalue weighted by Gasteiger charge is -2.23. The average molecular weight is 334 g/mol. The highest BCUT2D eigenvalue weighted by molar-refractivity contribution is 7.90. The molecule has 0 atom stereocenters. The number of nitrogens with zero attached hydrogens (tertiary/aromatic N) is 1. The predicted octanol–water partition coefficient (Wildman–Crippen LogP) is -1.35. The van der Waals surface area contributed by atoms with Gasteiger partial charge in [-0.15, -0.1) is 0 Å². The summed E-state index contributed by atoms with van der Waals surface area (Å²) in [6.07, 6.45) is 5.02. The molecule has 1 aliphatic rings. The first kappa shape index (κ1) is 16.3. The van der Waals surface area contributed by atoms with Crippen molar-refractivity contribution in [3.8, 4) is 5.75 Å². The maximum atomic E-state index is 12.2. The predicted molar refractivity (Wildman–Crippen MR) is 72.8 cm³/mol. The molecule has 1 N–H and O–H groups in total. The second kappa shape index (κ2) is 5.97. The molecule has 0 saturated carbocycles. The average Bonchev–Trinajstić information content (AvgIpc) is 2.47. The van der Waals surface area contributed by atoms with Gasteiger partial charge in [-0.3, -0.25) is 0 Å². The molecule has 0 amide bonds. The van der Waals surface area contributed by atoms with Crippen LogP contribution in [0.5, 0.6) is 5.75 Å². The molecule has 0 bridgehead atoms. The maximum Gasteiger partial charge on any atom is 0.335 e. The second-order valence-electron chi connectivity index (χ2n) is 4.33. The van der Waals surface area contributed by atoms with E-state index in [4.69, 9.17) is 5.11 Å². The third-order valence-electron chi connectivity index (χ3n) is 2.82. The van der Waals surface area contributed by atoms with Gasteiger partial charge in [0, 0.05) is 0 Å². The number of benzene rings is 1. The Hall–Kier alpha value is -3.07. The number of carboxylic acid groups (broad SMARTS) is 1. The van der Waals surface area contributed by atoms with Crippen molar-refractivity contribution in [3.63, 3.8) is 0 Å². The van der Waals surface area contributed by atoms with Gasteiger partial charge in [0.1, 0.15) is 0 Å². The Balaban J connectivity index is 2.56. The molecule has 23 heavy (non-hydrogen) atoms. The Bertz CT molecular complexity index is 888. The molecule has 0 aliphatic heterocycles. The fourth-order valence-electron chi connectivity index (χ4n) is 1.74. The third-order valence-corrected chi connectivity index (χ3v) is 4.11. The van der Waals surface area contributed by atoms with Gasteiger partial charge in [-0.2, -0.15) is 18.8 Å². The van der Waals surface area contributed by atoms with Gasteiger partial charge in [-0.25, -0.2) is 4.79 Å². The zero-order valence-electron chi connectivity index (χ0n) is 11.3. The summed E-state index contributed by atoms with van der Waals surface area (Å²) < 4.78 is 27.7. The first-order valence-electron chi connectivity index (χ1n) is 6.05. The smallest absolute Gasteiger partial charge is 0.335 e. The molecule has 1 aliphatic carbocycles. The molecule has 2 rings (SSSR count). The number of rotatable bonds is 3. The minimum atomic E-state index is -4.41. The Labute approximate surface area is 130 Å². The third kappa shape index (κ3) is 3.40. The van der Waals surface area contributed by atoms with Crippen LogP contribution >= 0.6 is 0 Å². The lowest BCUT2D eigenvalue weighted by molar-refractivity contribution is -0.513. The fourth-order valence-corrected chi connectivity index (χ4v) is 2.78. The van der Waals surface area contributed by atoms with E-state index in [1.807, 2.05) is 0 Å². The van der Waals surface area contributed by atoms with Crippen molar-refractivity contribution in [1.29, 1.82) is 0 Å². The number of sulfonamides is 1. The maximum absolute atomic E-state index is 12.2. The summed E-state index contributed by atoms with van der Waals surface area (Å²) in [6.45, 7) is 0. The van der Waals surface area contributed by atoms with Gasteiger partial charge in [-0.1, -0.05) is 30.0 Å². The summed E-state index contributed by atoms with van der Waals surface area (Å²) >= 11 is 0. The minimum Gasteiger partial charge on any atom is -0.883 e. The molecule has 8 nitrogen and oxygen atoms in total. The largest absolute Gasteiger partial charge is 0.883 e. The van der Waals surface area contributed by atoms with E-state index in [0.29, 0.717) is 6.07 Å². The van der Waals surface area contributed by atoms with Gasteiger partial charge in [-0.05, 0) is 23.8 Å². The van der Waals surface area contributed by atoms with Crippen LogP contribution in [-0.2, 0) is 10.0 Å². The molecule has 0 saturated heterocycles. The highest BCUT2D eigenvalue weighted by atomic mass is 32.2. The van der Waals surface area contributed by atoms with E-state index >= 15 is 0 Å². The van der Waals surface area contributed by atoms with E-state index in [-0.39, 0.29) is 5.71 Å². The Morgan fingerprint density at radius 3 is 2.39 bits per heavy atom. The number of carbonyl (C=O) groups is 1. The van der Waals surface area contributed by atoms with Crippen LogP contribution in [-0.4, -0.2) is 25.2 Å². The van der Waals surface area contributed by atoms with Crippen molar-refractivity contribution >= 4 is 21.7 Å². The second-order valence-corrected chi connectivity index (χ2v) is 5.94. The van der Waals surface area contributed by atoms with Crippen molar-refractivity contribution in [3.05, 3.63) is 59.6 Å². The van der Waals surface area contributed by atoms with Crippen LogP contribution in [0.15, 0.2) is 63.3 Å². The van der Waals surface area contributed by atoms with Crippen molar-refractivity contribution in [2.45, 2.75) is 4.90 Å². The molecule has 9 heteroatoms. The van der Waals surface area contributed by atoms with Crippen LogP contribution in [0.2, 0.25) is 0 Å². The van der Waals surface area contributed by atoms with E-state index in [2.05, 4.69) is 4.40 Å². The summed E-state index contributed by atoms with van der Waals surface area (Å²) in [5.74, 6) is -4.05. The number of allylic oxidation sites excluding steroid dienone is 5. The van der Waals surface area contributed by atoms with Crippen molar-refractivity contribution < 1.29 is 33.6 Å². The minimum absolute atomic E-state index is 0.365. The van der Waals surface area contributed by atoms with Crippen molar-refractivity contribution in [2.24, 2.45) is 4.40 Å². The first-order valence-corrected chi connectivity index (χ1v) is 7.49. The van der Waals surface area contributed by atoms with E-state index < -0.39 is 43.7 Å². The molecule has 0 spiro atoms. The molecule has 0 fully saturated rings. The quantitative estimate of drug-likeness (QED) is 0.670. The molecule has 0 radical (unpaired) electrons. The zero-order valence-corrected chi connectivity index (χ0v) is 12.1. The molecule has 0 heterocycles. The van der Waals surface area contributed by atoms with Gasteiger partial charge in [0.15, 0.2) is 0 Å². The van der Waals surface area contributed by atoms with Crippen LogP contribution in [0.1, 0.15) is 10.4 Å². The highest BCUT2D eigenvalue weighted by Gasteiger charge is 2.17. The van der Waals surface area contributed by atoms with Crippen LogP contribution in [0.25, 0.3) is 0 Å². The normalized spacial score (nSPS) is 15.8. The lowest BCUT2D eigenvalue weighted by Crippen LogP contribution is -2.24. The summed E-state index contributed by atoms with van der Waals surface area (Å²) in [6, 6.07) is 2.36. The summed E-state index contributed by atoms with van der Waals surface area (Å²) in [4.78, 5) is 10.4. The molecule has 0 unspecified atom stereocenters. The first-order chi connectivity index (χ1) is 10.7. The SMILES string of the molecule is O=C(O)c1cc(S(=O)(=O)N=C2C=CC=CC2=C([O-])[O-])ccc1[O-]. The number of carboxylic acids is 1. The molecular formula is C14H8NO7S-3. The summed E-state index contributed by atoms with van der Waals surface area (Å²) in [7, 11) is -4.41. The van der Waals surface area contributed by atoms with Crippen LogP contribution < -0.4 is 15.3 Å². The number of hydrogen-bond donors (Lipinski definition) is 1. The van der Waals surface area contributed by atoms with E-state index in [9.17, 15) is 28.5 Å². The topological polar surface area (TPSA) is 153 Å². The Morgan fingerprint density at radius 2 is 1.78 bits per heavy atom. The van der Waals surface area contributed by atoms with Gasteiger partial charge >= 0.3 is 5.97 Å². The number of hydrogen-bond acceptors (Lipinski definition) is 6. The molecular weight excluding hydrogens is 326 g/mol. The van der Waals surface area contributed by atoms with E-state index in [1.54, 1.807) is 0 Å². The fraction of sp³-hybridized carbons (Fsp3) is 0. The number of aromatic carboxylic acids is 1. The highest BCUT2D eigenvalue weighted by Crippen LogP contribution is 2.22. The molecule has 120 valence electrons. The van der Waals surface area contributed by atoms with E-state index in [0.717, 1.165) is 24.3 Å². The molecule has 1 aromatic rings. The van der Waals surface area contributed by atoms with Crippen LogP contribution in [0, 0.1) is 0 Å². The van der Waals surface area contributed by atoms with Crippen LogP contribution in [0.3, 0.4) is 0 Å². The Kier molecular flexibility index (Phi) is 4.23. The lowest BCUT2D eigenvalue weighted by atomic mass is 10.1. The van der Waals surface area contributed by atoms with Crippen molar-refractivity contribution in [2.75, 3.05) is 0 Å². The van der Waals surface area contributed by atoms with Gasteiger partial charge in [0.2, 0.25) is 0 Å². The van der Waals surface area contributed by atoms with Crippen LogP contribution in [0.4, 0.5) is 0 Å². The van der Waals surface area contributed by atoms with Gasteiger partial charge in [0.25, 0.3) is 10.0 Å². The van der Waals surface area contributed by atoms with Gasteiger partial charge < -0.3 is 20.4 Å². The monoisotopic (exact) mass is 334 g/mol. The van der Waals surface area contributed by atoms with Gasteiger partial charge in [0.05, 0.1) is 16.2 Å².